The SMILES string of the molecule is CC(=O)OCO.O=Cc1ccco1. The van der Waals surface area contributed by atoms with Gasteiger partial charge in [-0.05, 0) is 12.1 Å². The Bertz CT molecular complexity index is 239. The lowest BCUT2D eigenvalue weighted by molar-refractivity contribution is -0.148. The van der Waals surface area contributed by atoms with Crippen LogP contribution < -0.4 is 0 Å². The van der Waals surface area contributed by atoms with Gasteiger partial charge in [0.1, 0.15) is 0 Å². The normalized spacial score (nSPS) is 8.15. The first-order chi connectivity index (χ1) is 6.20. The number of esters is 1. The van der Waals surface area contributed by atoms with Crippen molar-refractivity contribution >= 4 is 12.3 Å². The van der Waals surface area contributed by atoms with Gasteiger partial charge in [-0.25, -0.2) is 0 Å². The van der Waals surface area contributed by atoms with Gasteiger partial charge in [0.15, 0.2) is 18.8 Å². The first-order valence-electron chi connectivity index (χ1n) is 3.43. The molecule has 0 aliphatic carbocycles. The summed E-state index contributed by atoms with van der Waals surface area (Å²) in [6.07, 6.45) is 2.13. The topological polar surface area (TPSA) is 76.7 Å². The van der Waals surface area contributed by atoms with Crippen molar-refractivity contribution < 1.29 is 23.8 Å². The summed E-state index contributed by atoms with van der Waals surface area (Å²) in [4.78, 5) is 19.4. The monoisotopic (exact) mass is 186 g/mol. The number of ether oxygens (including phenoxy) is 1. The van der Waals surface area contributed by atoms with E-state index in [1.165, 1.54) is 13.2 Å². The Balaban J connectivity index is 0.000000226. The number of furan rings is 1. The van der Waals surface area contributed by atoms with Crippen molar-refractivity contribution in [2.24, 2.45) is 0 Å². The van der Waals surface area contributed by atoms with Crippen molar-refractivity contribution in [1.29, 1.82) is 0 Å². The third-order valence-electron chi connectivity index (χ3n) is 0.927. The van der Waals surface area contributed by atoms with E-state index in [1.54, 1.807) is 12.1 Å². The Hall–Kier alpha value is -1.62. The lowest BCUT2D eigenvalue weighted by atomic mass is 10.5. The van der Waals surface area contributed by atoms with Crippen LogP contribution in [0.1, 0.15) is 17.5 Å². The average molecular weight is 186 g/mol. The van der Waals surface area contributed by atoms with Gasteiger partial charge >= 0.3 is 5.97 Å². The van der Waals surface area contributed by atoms with Crippen LogP contribution in [0.15, 0.2) is 22.8 Å². The number of aliphatic hydroxyl groups is 1. The Morgan fingerprint density at radius 2 is 2.46 bits per heavy atom. The fraction of sp³-hybridized carbons (Fsp3) is 0.250. The van der Waals surface area contributed by atoms with Crippen LogP contribution in [0.25, 0.3) is 0 Å². The number of carbonyl (C=O) groups excluding carboxylic acids is 2. The highest BCUT2D eigenvalue weighted by Gasteiger charge is 1.84. The molecule has 0 atom stereocenters. The smallest absolute Gasteiger partial charge is 0.304 e. The fourth-order valence-electron chi connectivity index (χ4n) is 0.449. The van der Waals surface area contributed by atoms with Crippen molar-refractivity contribution in [3.05, 3.63) is 24.2 Å². The average Bonchev–Trinajstić information content (AvgIpc) is 2.56. The molecule has 0 spiro atoms. The largest absolute Gasteiger partial charge is 0.462 e. The number of carbonyl (C=O) groups is 2. The van der Waals surface area contributed by atoms with E-state index in [4.69, 9.17) is 5.11 Å². The summed E-state index contributed by atoms with van der Waals surface area (Å²) >= 11 is 0. The maximum atomic E-state index is 9.77. The van der Waals surface area contributed by atoms with E-state index in [-0.39, 0.29) is 0 Å². The lowest BCUT2D eigenvalue weighted by Gasteiger charge is -1.88. The molecule has 1 aromatic rings. The fourth-order valence-corrected chi connectivity index (χ4v) is 0.449. The zero-order valence-corrected chi connectivity index (χ0v) is 7.10. The maximum Gasteiger partial charge on any atom is 0.304 e. The van der Waals surface area contributed by atoms with E-state index in [9.17, 15) is 9.59 Å². The molecule has 72 valence electrons. The van der Waals surface area contributed by atoms with Gasteiger partial charge in [-0.1, -0.05) is 0 Å². The summed E-state index contributed by atoms with van der Waals surface area (Å²) in [5.41, 5.74) is 0. The van der Waals surface area contributed by atoms with E-state index >= 15 is 0 Å². The van der Waals surface area contributed by atoms with Crippen LogP contribution in [0.2, 0.25) is 0 Å². The maximum absolute atomic E-state index is 9.77. The number of aldehydes is 1. The molecule has 1 rings (SSSR count). The second kappa shape index (κ2) is 7.05. The van der Waals surface area contributed by atoms with Gasteiger partial charge in [0, 0.05) is 6.92 Å². The molecule has 0 aliphatic rings. The van der Waals surface area contributed by atoms with Gasteiger partial charge < -0.3 is 14.3 Å². The Kier molecular flexibility index (Phi) is 6.17. The number of hydrogen-bond donors (Lipinski definition) is 1. The summed E-state index contributed by atoms with van der Waals surface area (Å²) in [5.74, 6) is -0.0856. The molecule has 0 saturated heterocycles. The highest BCUT2D eigenvalue weighted by molar-refractivity contribution is 5.69. The summed E-state index contributed by atoms with van der Waals surface area (Å²) in [6.45, 7) is 0.714. The molecule has 5 nitrogen and oxygen atoms in total. The van der Waals surface area contributed by atoms with Crippen molar-refractivity contribution in [3.63, 3.8) is 0 Å². The molecule has 0 aliphatic heterocycles. The van der Waals surface area contributed by atoms with Crippen molar-refractivity contribution in [1.82, 2.24) is 0 Å². The van der Waals surface area contributed by atoms with Crippen LogP contribution in [0.4, 0.5) is 0 Å². The summed E-state index contributed by atoms with van der Waals surface area (Å²) in [7, 11) is 0. The predicted octanol–water partition coefficient (Wildman–Crippen LogP) is 0.591. The van der Waals surface area contributed by atoms with E-state index < -0.39 is 12.8 Å². The van der Waals surface area contributed by atoms with E-state index in [2.05, 4.69) is 9.15 Å². The Morgan fingerprint density at radius 3 is 2.62 bits per heavy atom. The Labute approximate surface area is 74.9 Å². The van der Waals surface area contributed by atoms with Gasteiger partial charge in [0.2, 0.25) is 0 Å². The molecular weight excluding hydrogens is 176 g/mol. The summed E-state index contributed by atoms with van der Waals surface area (Å²) in [5, 5.41) is 7.79. The first-order valence-corrected chi connectivity index (χ1v) is 3.43. The van der Waals surface area contributed by atoms with Crippen LogP contribution in [-0.4, -0.2) is 24.2 Å². The number of hydrogen-bond acceptors (Lipinski definition) is 5. The molecule has 0 saturated carbocycles. The van der Waals surface area contributed by atoms with Crippen LogP contribution in [-0.2, 0) is 9.53 Å². The van der Waals surface area contributed by atoms with E-state index in [0.29, 0.717) is 12.0 Å². The summed E-state index contributed by atoms with van der Waals surface area (Å²) in [6, 6.07) is 3.27. The molecule has 0 bridgehead atoms. The lowest BCUT2D eigenvalue weighted by Crippen LogP contribution is -1.97. The number of aliphatic hydroxyl groups excluding tert-OH is 1. The third kappa shape index (κ3) is 6.77. The minimum Gasteiger partial charge on any atom is -0.462 e. The van der Waals surface area contributed by atoms with Gasteiger partial charge in [0.25, 0.3) is 0 Å². The molecule has 5 heteroatoms. The molecule has 1 N–H and O–H groups in total. The second-order valence-electron chi connectivity index (χ2n) is 1.90. The van der Waals surface area contributed by atoms with Crippen LogP contribution >= 0.6 is 0 Å². The highest BCUT2D eigenvalue weighted by Crippen LogP contribution is 1.92. The molecule has 13 heavy (non-hydrogen) atoms. The molecule has 0 unspecified atom stereocenters. The molecular formula is C8H10O5. The Morgan fingerprint density at radius 1 is 1.77 bits per heavy atom. The molecule has 1 aromatic heterocycles. The van der Waals surface area contributed by atoms with Crippen LogP contribution in [0, 0.1) is 0 Å². The molecule has 0 radical (unpaired) electrons. The minimum absolute atomic E-state index is 0.375. The van der Waals surface area contributed by atoms with Gasteiger partial charge in [-0.15, -0.1) is 0 Å². The molecule has 0 amide bonds. The van der Waals surface area contributed by atoms with Crippen molar-refractivity contribution in [2.45, 2.75) is 6.92 Å². The third-order valence-corrected chi connectivity index (χ3v) is 0.927. The second-order valence-corrected chi connectivity index (χ2v) is 1.90. The summed E-state index contributed by atoms with van der Waals surface area (Å²) < 4.78 is 8.57. The van der Waals surface area contributed by atoms with Gasteiger partial charge in [0.05, 0.1) is 6.26 Å². The minimum atomic E-state index is -0.519. The molecule has 0 fully saturated rings. The van der Waals surface area contributed by atoms with Crippen LogP contribution in [0.5, 0.6) is 0 Å². The molecule has 1 heterocycles. The van der Waals surface area contributed by atoms with Crippen LogP contribution in [0.3, 0.4) is 0 Å². The van der Waals surface area contributed by atoms with Gasteiger partial charge in [-0.2, -0.15) is 0 Å². The quantitative estimate of drug-likeness (QED) is 0.415. The number of rotatable bonds is 2. The van der Waals surface area contributed by atoms with Gasteiger partial charge in [-0.3, -0.25) is 9.59 Å². The standard InChI is InChI=1S/C5H4O2.C3H6O3/c6-4-5-2-1-3-7-5;1-3(5)6-2-4/h1-4H;4H,2H2,1H3. The zero-order valence-electron chi connectivity index (χ0n) is 7.10. The van der Waals surface area contributed by atoms with E-state index in [1.807, 2.05) is 0 Å². The zero-order chi connectivity index (χ0) is 10.1. The van der Waals surface area contributed by atoms with Crippen molar-refractivity contribution in [3.8, 4) is 0 Å². The van der Waals surface area contributed by atoms with E-state index in [0.717, 1.165) is 0 Å². The first kappa shape index (κ1) is 11.4. The predicted molar refractivity (Wildman–Crippen MR) is 42.9 cm³/mol. The molecule has 0 aromatic carbocycles. The van der Waals surface area contributed by atoms with Crippen molar-refractivity contribution in [2.75, 3.05) is 6.79 Å². The highest BCUT2D eigenvalue weighted by atomic mass is 16.6.